The number of methoxy groups -OCH3 is 3. The van der Waals surface area contributed by atoms with E-state index in [2.05, 4.69) is 0 Å². The van der Waals surface area contributed by atoms with Crippen molar-refractivity contribution in [2.45, 2.75) is 43.9 Å². The molecule has 1 aliphatic heterocycles. The van der Waals surface area contributed by atoms with Gasteiger partial charge >= 0.3 is 24.0 Å². The largest absolute Gasteiger partial charge is 0.469 e. The molecule has 39 heavy (non-hydrogen) atoms. The van der Waals surface area contributed by atoms with Gasteiger partial charge in [-0.05, 0) is 30.4 Å². The molecule has 2 aromatic rings. The smallest absolute Gasteiger partial charge is 0.411 e. The number of nitrogens with zero attached hydrogens (tertiary/aromatic N) is 1. The Kier molecular flexibility index (Phi) is 8.69. The van der Waals surface area contributed by atoms with Gasteiger partial charge in [0.1, 0.15) is 6.04 Å². The number of amides is 1. The van der Waals surface area contributed by atoms with Crippen LogP contribution in [0.1, 0.15) is 49.0 Å². The second kappa shape index (κ2) is 12.1. The van der Waals surface area contributed by atoms with Crippen LogP contribution in [0.3, 0.4) is 0 Å². The third-order valence-corrected chi connectivity index (χ3v) is 7.63. The molecule has 1 fully saturated rings. The van der Waals surface area contributed by atoms with Crippen LogP contribution in [0.4, 0.5) is 4.79 Å². The number of cyclic esters (lactones) is 1. The first-order chi connectivity index (χ1) is 18.9. The third-order valence-electron chi connectivity index (χ3n) is 7.63. The Bertz CT molecular complexity index is 1200. The summed E-state index contributed by atoms with van der Waals surface area (Å²) in [6, 6.07) is 16.2. The highest BCUT2D eigenvalue weighted by Gasteiger charge is 2.65. The van der Waals surface area contributed by atoms with E-state index in [9.17, 15) is 19.2 Å². The maximum Gasteiger partial charge on any atom is 0.411 e. The predicted octanol–water partition coefficient (Wildman–Crippen LogP) is 4.54. The highest BCUT2D eigenvalue weighted by Crippen LogP contribution is 2.51. The summed E-state index contributed by atoms with van der Waals surface area (Å²) >= 11 is 0. The molecule has 206 valence electrons. The summed E-state index contributed by atoms with van der Waals surface area (Å²) in [6.07, 6.45) is 3.54. The molecular weight excluding hydrogens is 502 g/mol. The average Bonchev–Trinajstić information content (AvgIpc) is 3.34. The van der Waals surface area contributed by atoms with E-state index in [4.69, 9.17) is 18.9 Å². The minimum absolute atomic E-state index is 0.444. The summed E-state index contributed by atoms with van der Waals surface area (Å²) in [5, 5.41) is 0. The third kappa shape index (κ3) is 5.13. The molecule has 0 bridgehead atoms. The van der Waals surface area contributed by atoms with Gasteiger partial charge in [0.2, 0.25) is 0 Å². The molecule has 0 saturated carbocycles. The Morgan fingerprint density at radius 3 is 2.03 bits per heavy atom. The molecule has 1 amide bonds. The van der Waals surface area contributed by atoms with Crippen molar-refractivity contribution >= 4 is 24.0 Å². The van der Waals surface area contributed by atoms with Gasteiger partial charge in [-0.15, -0.1) is 0 Å². The van der Waals surface area contributed by atoms with Gasteiger partial charge in [-0.3, -0.25) is 19.3 Å². The van der Waals surface area contributed by atoms with Gasteiger partial charge < -0.3 is 18.9 Å². The number of rotatable bonds is 9. The van der Waals surface area contributed by atoms with Crippen LogP contribution in [0.25, 0.3) is 0 Å². The molecule has 0 radical (unpaired) electrons. The molecule has 1 unspecified atom stereocenters. The Morgan fingerprint density at radius 2 is 1.51 bits per heavy atom. The summed E-state index contributed by atoms with van der Waals surface area (Å²) in [5.74, 6) is -3.22. The Hall–Kier alpha value is -4.14. The zero-order chi connectivity index (χ0) is 28.0. The zero-order valence-corrected chi connectivity index (χ0v) is 22.3. The number of hydrogen-bond acceptors (Lipinski definition) is 8. The lowest BCUT2D eigenvalue weighted by Gasteiger charge is -2.45. The summed E-state index contributed by atoms with van der Waals surface area (Å²) in [7, 11) is 3.55. The first-order valence-electron chi connectivity index (χ1n) is 12.9. The number of carbonyl (C=O) groups excluding carboxylic acids is 4. The van der Waals surface area contributed by atoms with E-state index in [1.54, 1.807) is 6.08 Å². The van der Waals surface area contributed by atoms with Crippen LogP contribution in [0, 0.1) is 11.3 Å². The van der Waals surface area contributed by atoms with Crippen LogP contribution in [-0.4, -0.2) is 56.3 Å². The topological polar surface area (TPSA) is 108 Å². The van der Waals surface area contributed by atoms with Gasteiger partial charge in [-0.2, -0.15) is 0 Å². The van der Waals surface area contributed by atoms with Crippen molar-refractivity contribution < 1.29 is 38.1 Å². The van der Waals surface area contributed by atoms with Crippen molar-refractivity contribution in [3.05, 3.63) is 83.9 Å². The van der Waals surface area contributed by atoms with Crippen molar-refractivity contribution in [3.63, 3.8) is 0 Å². The lowest BCUT2D eigenvalue weighted by atomic mass is 9.64. The van der Waals surface area contributed by atoms with E-state index in [1.807, 2.05) is 66.7 Å². The molecular formula is C30H33NO8. The molecule has 1 heterocycles. The van der Waals surface area contributed by atoms with E-state index < -0.39 is 59.9 Å². The standard InChI is InChI=1S/C30H33NO8/c1-36-24(32)19-23(30(27(33)37-2,28(34)38-3)22-17-11-6-12-18-22)31-25(20-13-7-4-8-14-20)26(39-29(31)35)21-15-9-5-10-16-21/h4-5,7-11,13-17,22-23,25-26H,6,12,18-19H2,1-3H3/t22?,23-,25+,26-/m1/s1. The molecule has 2 aliphatic rings. The van der Waals surface area contributed by atoms with Crippen LogP contribution < -0.4 is 0 Å². The number of ether oxygens (including phenoxy) is 4. The summed E-state index contributed by atoms with van der Waals surface area (Å²) in [6.45, 7) is 0. The van der Waals surface area contributed by atoms with Crippen LogP contribution in [0.5, 0.6) is 0 Å². The molecule has 9 heteroatoms. The molecule has 1 saturated heterocycles. The van der Waals surface area contributed by atoms with Gasteiger partial charge in [-0.25, -0.2) is 4.79 Å². The quantitative estimate of drug-likeness (QED) is 0.199. The monoisotopic (exact) mass is 535 g/mol. The summed E-state index contributed by atoms with van der Waals surface area (Å²) in [4.78, 5) is 55.7. The maximum absolute atomic E-state index is 13.8. The zero-order valence-electron chi connectivity index (χ0n) is 22.3. The highest BCUT2D eigenvalue weighted by atomic mass is 16.6. The van der Waals surface area contributed by atoms with Gasteiger partial charge in [-0.1, -0.05) is 72.8 Å². The first-order valence-corrected chi connectivity index (χ1v) is 12.9. The van der Waals surface area contributed by atoms with Crippen molar-refractivity contribution in [1.82, 2.24) is 4.90 Å². The van der Waals surface area contributed by atoms with Crippen LogP contribution >= 0.6 is 0 Å². The van der Waals surface area contributed by atoms with Crippen molar-refractivity contribution in [1.29, 1.82) is 0 Å². The Balaban J connectivity index is 1.99. The number of carbonyl (C=O) groups is 4. The highest BCUT2D eigenvalue weighted by molar-refractivity contribution is 6.03. The second-order valence-corrected chi connectivity index (χ2v) is 9.59. The van der Waals surface area contributed by atoms with Crippen LogP contribution in [-0.2, 0) is 33.3 Å². The summed E-state index contributed by atoms with van der Waals surface area (Å²) in [5.41, 5.74) is -0.639. The van der Waals surface area contributed by atoms with Crippen molar-refractivity contribution in [2.24, 2.45) is 11.3 Å². The normalized spacial score (nSPS) is 21.6. The van der Waals surface area contributed by atoms with Gasteiger partial charge in [0.05, 0.1) is 33.8 Å². The predicted molar refractivity (Wildman–Crippen MR) is 140 cm³/mol. The van der Waals surface area contributed by atoms with E-state index in [1.165, 1.54) is 26.2 Å². The lowest BCUT2D eigenvalue weighted by Crippen LogP contribution is -2.62. The van der Waals surface area contributed by atoms with Gasteiger partial charge in [0.15, 0.2) is 11.5 Å². The minimum atomic E-state index is -2.06. The molecule has 0 N–H and O–H groups in total. The van der Waals surface area contributed by atoms with Gasteiger partial charge in [0.25, 0.3) is 0 Å². The number of esters is 3. The lowest BCUT2D eigenvalue weighted by molar-refractivity contribution is -0.180. The molecule has 9 nitrogen and oxygen atoms in total. The van der Waals surface area contributed by atoms with E-state index >= 15 is 0 Å². The SMILES string of the molecule is COC(=O)C[C@@H](N1C(=O)O[C@H](c2ccccc2)[C@@H]1c1ccccc1)C(C(=O)OC)(C(=O)OC)C1C=CCCC1. The van der Waals surface area contributed by atoms with Gasteiger partial charge in [0, 0.05) is 5.92 Å². The minimum Gasteiger partial charge on any atom is -0.469 e. The number of benzene rings is 2. The number of allylic oxidation sites excluding steroid dienone is 2. The van der Waals surface area contributed by atoms with E-state index in [0.717, 1.165) is 12.0 Å². The summed E-state index contributed by atoms with van der Waals surface area (Å²) < 4.78 is 21.4. The second-order valence-electron chi connectivity index (χ2n) is 9.59. The molecule has 2 aromatic carbocycles. The Labute approximate surface area is 227 Å². The molecule has 0 aromatic heterocycles. The number of hydrogen-bond donors (Lipinski definition) is 0. The van der Waals surface area contributed by atoms with Crippen molar-refractivity contribution in [3.8, 4) is 0 Å². The Morgan fingerprint density at radius 1 is 0.923 bits per heavy atom. The maximum atomic E-state index is 13.8. The van der Waals surface area contributed by atoms with E-state index in [0.29, 0.717) is 18.4 Å². The first kappa shape index (κ1) is 27.9. The molecule has 4 rings (SSSR count). The average molecular weight is 536 g/mol. The fourth-order valence-corrected chi connectivity index (χ4v) is 5.85. The van der Waals surface area contributed by atoms with E-state index in [-0.39, 0.29) is 0 Å². The van der Waals surface area contributed by atoms with Crippen LogP contribution in [0.2, 0.25) is 0 Å². The molecule has 0 spiro atoms. The molecule has 1 aliphatic carbocycles. The molecule has 4 atom stereocenters. The fraction of sp³-hybridized carbons (Fsp3) is 0.400. The fourth-order valence-electron chi connectivity index (χ4n) is 5.85. The van der Waals surface area contributed by atoms with Crippen LogP contribution in [0.15, 0.2) is 72.8 Å². The van der Waals surface area contributed by atoms with Crippen molar-refractivity contribution in [2.75, 3.05) is 21.3 Å².